The summed E-state index contributed by atoms with van der Waals surface area (Å²) in [7, 11) is 0. The number of ketones is 1. The molecule has 0 aliphatic heterocycles. The predicted octanol–water partition coefficient (Wildman–Crippen LogP) is 5.38. The van der Waals surface area contributed by atoms with Crippen LogP contribution in [0, 0.1) is 34.0 Å². The number of Topliss-reactive ketones (excluding diaryl/α,β-unsaturated/α-hetero) is 1. The molecule has 118 valence electrons. The van der Waals surface area contributed by atoms with Crippen LogP contribution in [0.5, 0.6) is 0 Å². The molecule has 0 N–H and O–H groups in total. The molecule has 0 radical (unpaired) electrons. The molecule has 2 unspecified atom stereocenters. The molecule has 0 amide bonds. The van der Waals surface area contributed by atoms with Crippen molar-refractivity contribution in [2.75, 3.05) is 0 Å². The summed E-state index contributed by atoms with van der Waals surface area (Å²) in [5.41, 5.74) is 1.05. The van der Waals surface area contributed by atoms with Gasteiger partial charge in [0.05, 0.1) is 0 Å². The summed E-state index contributed by atoms with van der Waals surface area (Å²) < 4.78 is 0. The minimum absolute atomic E-state index is 0.0914. The fourth-order valence-electron chi connectivity index (χ4n) is 7.68. The van der Waals surface area contributed by atoms with Gasteiger partial charge in [0.25, 0.3) is 0 Å². The van der Waals surface area contributed by atoms with Gasteiger partial charge in [0.2, 0.25) is 0 Å². The average Bonchev–Trinajstić information content (AvgIpc) is 2.34. The van der Waals surface area contributed by atoms with Crippen molar-refractivity contribution >= 4 is 5.78 Å². The second-order valence-corrected chi connectivity index (χ2v) is 10.2. The first-order chi connectivity index (χ1) is 9.82. The van der Waals surface area contributed by atoms with Crippen molar-refractivity contribution in [3.8, 4) is 0 Å². The molecule has 2 atom stereocenters. The van der Waals surface area contributed by atoms with Crippen molar-refractivity contribution in [2.45, 2.75) is 85.0 Å². The zero-order valence-corrected chi connectivity index (χ0v) is 14.2. The summed E-state index contributed by atoms with van der Waals surface area (Å²) in [6.07, 6.45) is 12.8. The van der Waals surface area contributed by atoms with Gasteiger partial charge in [-0.25, -0.2) is 0 Å². The fourth-order valence-corrected chi connectivity index (χ4v) is 7.68. The lowest BCUT2D eigenvalue weighted by atomic mass is 9.39. The van der Waals surface area contributed by atoms with Gasteiger partial charge in [-0.05, 0) is 74.0 Å². The SMILES string of the molecule is CC1CCC(C(=O)C23CC4CC(C)(CC(C)(C4)C2)C3)CC1. The van der Waals surface area contributed by atoms with Gasteiger partial charge in [0.15, 0.2) is 0 Å². The molecule has 0 aromatic rings. The number of rotatable bonds is 2. The van der Waals surface area contributed by atoms with Gasteiger partial charge < -0.3 is 0 Å². The third-order valence-corrected chi connectivity index (χ3v) is 7.54. The quantitative estimate of drug-likeness (QED) is 0.667. The maximum absolute atomic E-state index is 13.4. The highest BCUT2D eigenvalue weighted by atomic mass is 16.1. The number of hydrogen-bond donors (Lipinski definition) is 0. The van der Waals surface area contributed by atoms with Gasteiger partial charge in [0, 0.05) is 11.3 Å². The zero-order chi connectivity index (χ0) is 14.9. The maximum Gasteiger partial charge on any atom is 0.142 e. The van der Waals surface area contributed by atoms with Crippen molar-refractivity contribution in [2.24, 2.45) is 34.0 Å². The first-order valence-electron chi connectivity index (χ1n) is 9.36. The molecule has 0 aromatic carbocycles. The fraction of sp³-hybridized carbons (Fsp3) is 0.950. The van der Waals surface area contributed by atoms with Crippen molar-refractivity contribution in [3.05, 3.63) is 0 Å². The largest absolute Gasteiger partial charge is 0.299 e. The van der Waals surface area contributed by atoms with E-state index in [1.54, 1.807) is 0 Å². The van der Waals surface area contributed by atoms with Crippen LogP contribution >= 0.6 is 0 Å². The van der Waals surface area contributed by atoms with Gasteiger partial charge in [-0.1, -0.05) is 33.6 Å². The molecule has 0 spiro atoms. The molecular formula is C20H32O. The predicted molar refractivity (Wildman–Crippen MR) is 86.0 cm³/mol. The van der Waals surface area contributed by atoms with E-state index in [0.29, 0.717) is 22.5 Å². The molecule has 5 saturated carbocycles. The Kier molecular flexibility index (Phi) is 2.96. The Balaban J connectivity index is 1.60. The van der Waals surface area contributed by atoms with Crippen molar-refractivity contribution in [1.29, 1.82) is 0 Å². The highest BCUT2D eigenvalue weighted by Crippen LogP contribution is 2.70. The summed E-state index contributed by atoms with van der Waals surface area (Å²) in [6.45, 7) is 7.33. The van der Waals surface area contributed by atoms with E-state index in [4.69, 9.17) is 0 Å². The van der Waals surface area contributed by atoms with E-state index in [2.05, 4.69) is 20.8 Å². The van der Waals surface area contributed by atoms with E-state index in [0.717, 1.165) is 11.8 Å². The molecule has 5 aliphatic carbocycles. The lowest BCUT2D eigenvalue weighted by Crippen LogP contribution is -2.58. The molecule has 1 heteroatoms. The molecule has 0 saturated heterocycles. The summed E-state index contributed by atoms with van der Waals surface area (Å²) >= 11 is 0. The smallest absolute Gasteiger partial charge is 0.142 e. The van der Waals surface area contributed by atoms with E-state index in [1.807, 2.05) is 0 Å². The summed E-state index contributed by atoms with van der Waals surface area (Å²) in [5, 5.41) is 0. The Morgan fingerprint density at radius 2 is 1.43 bits per heavy atom. The van der Waals surface area contributed by atoms with Gasteiger partial charge in [-0.2, -0.15) is 0 Å². The number of carbonyl (C=O) groups excluding carboxylic acids is 1. The van der Waals surface area contributed by atoms with Crippen molar-refractivity contribution < 1.29 is 4.79 Å². The summed E-state index contributed by atoms with van der Waals surface area (Å²) in [5.74, 6) is 2.81. The van der Waals surface area contributed by atoms with E-state index >= 15 is 0 Å². The molecule has 4 bridgehead atoms. The topological polar surface area (TPSA) is 17.1 Å². The molecule has 1 nitrogen and oxygen atoms in total. The van der Waals surface area contributed by atoms with Gasteiger partial charge in [-0.3, -0.25) is 4.79 Å². The molecule has 5 rings (SSSR count). The van der Waals surface area contributed by atoms with E-state index in [-0.39, 0.29) is 5.41 Å². The Morgan fingerprint density at radius 3 is 1.95 bits per heavy atom. The molecule has 21 heavy (non-hydrogen) atoms. The van der Waals surface area contributed by atoms with Crippen LogP contribution in [0.2, 0.25) is 0 Å². The Bertz CT molecular complexity index is 438. The average molecular weight is 288 g/mol. The lowest BCUT2D eigenvalue weighted by molar-refractivity contribution is -0.172. The van der Waals surface area contributed by atoms with Crippen LogP contribution in [0.25, 0.3) is 0 Å². The summed E-state index contributed by atoms with van der Waals surface area (Å²) in [4.78, 5) is 13.4. The first-order valence-corrected chi connectivity index (χ1v) is 9.36. The van der Waals surface area contributed by atoms with Crippen LogP contribution in [0.1, 0.15) is 85.0 Å². The van der Waals surface area contributed by atoms with Gasteiger partial charge in [0.1, 0.15) is 5.78 Å². The lowest BCUT2D eigenvalue weighted by Gasteiger charge is -2.65. The second kappa shape index (κ2) is 4.36. The first kappa shape index (κ1) is 14.3. The Morgan fingerprint density at radius 1 is 0.857 bits per heavy atom. The Labute approximate surface area is 130 Å². The zero-order valence-electron chi connectivity index (χ0n) is 14.2. The minimum Gasteiger partial charge on any atom is -0.299 e. The Hall–Kier alpha value is -0.330. The van der Waals surface area contributed by atoms with Crippen LogP contribution in [0.4, 0.5) is 0 Å². The molecular weight excluding hydrogens is 256 g/mol. The minimum atomic E-state index is 0.0914. The van der Waals surface area contributed by atoms with Crippen LogP contribution in [0.15, 0.2) is 0 Å². The van der Waals surface area contributed by atoms with Crippen LogP contribution < -0.4 is 0 Å². The third kappa shape index (κ3) is 2.21. The normalized spacial score (nSPS) is 55.7. The number of carbonyl (C=O) groups is 1. The molecule has 0 aromatic heterocycles. The highest BCUT2D eigenvalue weighted by molar-refractivity contribution is 5.87. The summed E-state index contributed by atoms with van der Waals surface area (Å²) in [6, 6.07) is 0. The number of hydrogen-bond acceptors (Lipinski definition) is 1. The van der Waals surface area contributed by atoms with Crippen LogP contribution in [-0.2, 0) is 4.79 Å². The molecule has 0 heterocycles. The second-order valence-electron chi connectivity index (χ2n) is 10.2. The standard InChI is InChI=1S/C20H32O/c1-14-4-6-16(7-5-14)17(21)20-10-15-8-18(2,12-20)11-19(3,9-15)13-20/h14-16H,4-13H2,1-3H3. The van der Waals surface area contributed by atoms with Crippen molar-refractivity contribution in [3.63, 3.8) is 0 Å². The van der Waals surface area contributed by atoms with E-state index < -0.39 is 0 Å². The van der Waals surface area contributed by atoms with Crippen molar-refractivity contribution in [1.82, 2.24) is 0 Å². The van der Waals surface area contributed by atoms with Crippen LogP contribution in [0.3, 0.4) is 0 Å². The maximum atomic E-state index is 13.4. The monoisotopic (exact) mass is 288 g/mol. The van der Waals surface area contributed by atoms with Gasteiger partial charge >= 0.3 is 0 Å². The van der Waals surface area contributed by atoms with Gasteiger partial charge in [-0.15, -0.1) is 0 Å². The van der Waals surface area contributed by atoms with Crippen LogP contribution in [-0.4, -0.2) is 5.78 Å². The van der Waals surface area contributed by atoms with E-state index in [1.165, 1.54) is 64.2 Å². The molecule has 5 fully saturated rings. The van der Waals surface area contributed by atoms with E-state index in [9.17, 15) is 4.79 Å². The highest BCUT2D eigenvalue weighted by Gasteiger charge is 2.63. The molecule has 5 aliphatic rings. The third-order valence-electron chi connectivity index (χ3n) is 7.54.